The van der Waals surface area contributed by atoms with E-state index >= 15 is 0 Å². The van der Waals surface area contributed by atoms with Crippen LogP contribution in [-0.2, 0) is 0 Å². The largest absolute Gasteiger partial charge is 0.366 e. The summed E-state index contributed by atoms with van der Waals surface area (Å²) in [7, 11) is 0. The van der Waals surface area contributed by atoms with E-state index in [0.29, 0.717) is 0 Å². The average Bonchev–Trinajstić information content (AvgIpc) is 2.41. The second-order valence-electron chi connectivity index (χ2n) is 4.49. The molecule has 0 aromatic carbocycles. The molecule has 0 amide bonds. The number of hydrogen-bond acceptors (Lipinski definition) is 4. The van der Waals surface area contributed by atoms with E-state index in [1.54, 1.807) is 6.33 Å². The van der Waals surface area contributed by atoms with Crippen LogP contribution in [0, 0.1) is 6.92 Å². The lowest BCUT2D eigenvalue weighted by atomic mass is 10.2. The van der Waals surface area contributed by atoms with Crippen LogP contribution in [0.3, 0.4) is 0 Å². The topological polar surface area (TPSA) is 32.3 Å². The van der Waals surface area contributed by atoms with Crippen LogP contribution in [0.1, 0.15) is 19.3 Å². The third-order valence-electron chi connectivity index (χ3n) is 3.26. The summed E-state index contributed by atoms with van der Waals surface area (Å²) in [5.41, 5.74) is 1.14. The summed E-state index contributed by atoms with van der Waals surface area (Å²) < 4.78 is 0. The summed E-state index contributed by atoms with van der Waals surface area (Å²) in [6.07, 6.45) is 8.95. The molecule has 1 saturated heterocycles. The van der Waals surface area contributed by atoms with Gasteiger partial charge < -0.3 is 4.90 Å². The molecule has 2 heterocycles. The highest BCUT2D eigenvalue weighted by Gasteiger charge is 2.16. The molecule has 1 aliphatic heterocycles. The third kappa shape index (κ3) is 3.66. The number of nitrogens with zero attached hydrogens (tertiary/aromatic N) is 4. The Morgan fingerprint density at radius 3 is 2.41 bits per heavy atom. The molecule has 4 heteroatoms. The molecule has 1 aromatic heterocycles. The second-order valence-corrected chi connectivity index (χ2v) is 4.49. The zero-order chi connectivity index (χ0) is 11.9. The zero-order valence-electron chi connectivity index (χ0n) is 10.4. The predicted molar refractivity (Wildman–Crippen MR) is 69.9 cm³/mol. The summed E-state index contributed by atoms with van der Waals surface area (Å²) >= 11 is 0. The molecule has 2 rings (SSSR count). The Kier molecular flexibility index (Phi) is 4.74. The van der Waals surface area contributed by atoms with Gasteiger partial charge in [-0.1, -0.05) is 19.8 Å². The van der Waals surface area contributed by atoms with Gasteiger partial charge in [0.05, 0.1) is 18.1 Å². The van der Waals surface area contributed by atoms with Gasteiger partial charge in [-0.3, -0.25) is 4.90 Å². The first-order valence-electron chi connectivity index (χ1n) is 6.41. The molecular weight excluding hydrogens is 212 g/mol. The Bertz CT molecular complexity index is 306. The highest BCUT2D eigenvalue weighted by atomic mass is 15.3. The monoisotopic (exact) mass is 233 g/mol. The van der Waals surface area contributed by atoms with Crippen molar-refractivity contribution < 1.29 is 0 Å². The molecule has 1 fully saturated rings. The fourth-order valence-corrected chi connectivity index (χ4v) is 2.20. The second kappa shape index (κ2) is 6.55. The highest BCUT2D eigenvalue weighted by molar-refractivity contribution is 5.41. The number of hydrogen-bond donors (Lipinski definition) is 0. The van der Waals surface area contributed by atoms with E-state index in [9.17, 15) is 0 Å². The van der Waals surface area contributed by atoms with Crippen molar-refractivity contribution in [3.8, 4) is 0 Å². The minimum atomic E-state index is 1.06. The number of anilines is 1. The van der Waals surface area contributed by atoms with Crippen molar-refractivity contribution in [3.63, 3.8) is 0 Å². The van der Waals surface area contributed by atoms with Crippen molar-refractivity contribution in [2.75, 3.05) is 37.6 Å². The standard InChI is InChI=1S/C13H21N4/c1-2-3-4-5-16-6-8-17(9-7-16)13-10-14-12-15-11-13/h10-12H,1-9H2. The van der Waals surface area contributed by atoms with Crippen LogP contribution in [0.4, 0.5) is 5.69 Å². The normalized spacial score (nSPS) is 17.4. The number of aromatic nitrogens is 2. The van der Waals surface area contributed by atoms with Crippen LogP contribution in [-0.4, -0.2) is 47.6 Å². The maximum absolute atomic E-state index is 4.07. The molecule has 17 heavy (non-hydrogen) atoms. The molecule has 0 atom stereocenters. The van der Waals surface area contributed by atoms with Gasteiger partial charge in [-0.05, 0) is 13.0 Å². The maximum atomic E-state index is 4.07. The minimum Gasteiger partial charge on any atom is -0.366 e. The van der Waals surface area contributed by atoms with Crippen LogP contribution in [0.15, 0.2) is 18.7 Å². The smallest absolute Gasteiger partial charge is 0.115 e. The van der Waals surface area contributed by atoms with Gasteiger partial charge in [0.2, 0.25) is 0 Å². The lowest BCUT2D eigenvalue weighted by Crippen LogP contribution is -2.46. The van der Waals surface area contributed by atoms with E-state index in [2.05, 4.69) is 26.7 Å². The molecular formula is C13H21N4. The van der Waals surface area contributed by atoms with Crippen LogP contribution in [0.2, 0.25) is 0 Å². The van der Waals surface area contributed by atoms with Crippen LogP contribution < -0.4 is 4.90 Å². The summed E-state index contributed by atoms with van der Waals surface area (Å²) in [5.74, 6) is 0. The van der Waals surface area contributed by atoms with E-state index in [4.69, 9.17) is 0 Å². The van der Waals surface area contributed by atoms with Gasteiger partial charge in [-0.25, -0.2) is 9.97 Å². The first-order valence-corrected chi connectivity index (χ1v) is 6.41. The van der Waals surface area contributed by atoms with Gasteiger partial charge in [0.25, 0.3) is 0 Å². The fourth-order valence-electron chi connectivity index (χ4n) is 2.20. The van der Waals surface area contributed by atoms with Gasteiger partial charge in [-0.2, -0.15) is 0 Å². The number of piperazine rings is 1. The van der Waals surface area contributed by atoms with Gasteiger partial charge in [0.15, 0.2) is 0 Å². The third-order valence-corrected chi connectivity index (χ3v) is 3.26. The highest BCUT2D eigenvalue weighted by Crippen LogP contribution is 2.13. The van der Waals surface area contributed by atoms with E-state index in [1.165, 1.54) is 19.4 Å². The molecule has 0 saturated carbocycles. The summed E-state index contributed by atoms with van der Waals surface area (Å²) in [5, 5.41) is 0. The van der Waals surface area contributed by atoms with Crippen molar-refractivity contribution in [2.45, 2.75) is 19.3 Å². The Morgan fingerprint density at radius 1 is 1.06 bits per heavy atom. The van der Waals surface area contributed by atoms with Gasteiger partial charge >= 0.3 is 0 Å². The number of rotatable bonds is 5. The molecule has 0 N–H and O–H groups in total. The van der Waals surface area contributed by atoms with Crippen LogP contribution in [0.25, 0.3) is 0 Å². The lowest BCUT2D eigenvalue weighted by molar-refractivity contribution is 0.253. The van der Waals surface area contributed by atoms with Crippen LogP contribution in [0.5, 0.6) is 0 Å². The summed E-state index contributed by atoms with van der Waals surface area (Å²) in [6, 6.07) is 0. The summed E-state index contributed by atoms with van der Waals surface area (Å²) in [6.45, 7) is 9.55. The fraction of sp³-hybridized carbons (Fsp3) is 0.615. The van der Waals surface area contributed by atoms with Crippen molar-refractivity contribution in [2.24, 2.45) is 0 Å². The molecule has 4 nitrogen and oxygen atoms in total. The molecule has 0 unspecified atom stereocenters. The summed E-state index contributed by atoms with van der Waals surface area (Å²) in [4.78, 5) is 13.0. The molecule has 1 radical (unpaired) electrons. The molecule has 93 valence electrons. The van der Waals surface area contributed by atoms with Gasteiger partial charge in [0.1, 0.15) is 6.33 Å². The predicted octanol–water partition coefficient (Wildman–Crippen LogP) is 1.60. The zero-order valence-corrected chi connectivity index (χ0v) is 10.4. The van der Waals surface area contributed by atoms with E-state index in [1.807, 2.05) is 12.4 Å². The Morgan fingerprint density at radius 2 is 1.76 bits per heavy atom. The van der Waals surface area contributed by atoms with Crippen molar-refractivity contribution in [1.82, 2.24) is 14.9 Å². The Labute approximate surface area is 104 Å². The average molecular weight is 233 g/mol. The maximum Gasteiger partial charge on any atom is 0.115 e. The Balaban J connectivity index is 1.74. The van der Waals surface area contributed by atoms with E-state index in [0.717, 1.165) is 38.3 Å². The van der Waals surface area contributed by atoms with E-state index < -0.39 is 0 Å². The molecule has 1 aromatic rings. The molecule has 0 aliphatic carbocycles. The van der Waals surface area contributed by atoms with Gasteiger partial charge in [0, 0.05) is 26.2 Å². The quantitative estimate of drug-likeness (QED) is 0.723. The van der Waals surface area contributed by atoms with Crippen molar-refractivity contribution in [1.29, 1.82) is 0 Å². The molecule has 0 spiro atoms. The lowest BCUT2D eigenvalue weighted by Gasteiger charge is -2.35. The first kappa shape index (κ1) is 12.3. The molecule has 0 bridgehead atoms. The Hall–Kier alpha value is -1.16. The van der Waals surface area contributed by atoms with Crippen LogP contribution >= 0.6 is 0 Å². The van der Waals surface area contributed by atoms with Gasteiger partial charge in [-0.15, -0.1) is 0 Å². The van der Waals surface area contributed by atoms with Crippen molar-refractivity contribution >= 4 is 5.69 Å². The minimum absolute atomic E-state index is 1.06. The number of unbranched alkanes of at least 4 members (excludes halogenated alkanes) is 2. The molecule has 1 aliphatic rings. The first-order chi connectivity index (χ1) is 8.40. The SMILES string of the molecule is [CH2]CCCCN1CCN(c2cncnc2)CC1. The van der Waals surface area contributed by atoms with Crippen molar-refractivity contribution in [3.05, 3.63) is 25.6 Å². The van der Waals surface area contributed by atoms with E-state index in [-0.39, 0.29) is 0 Å².